The highest BCUT2D eigenvalue weighted by Crippen LogP contribution is 2.50. The molecule has 2 N–H and O–H groups in total. The highest BCUT2D eigenvalue weighted by Gasteiger charge is 2.53. The van der Waals surface area contributed by atoms with Crippen molar-refractivity contribution in [2.24, 2.45) is 0 Å². The van der Waals surface area contributed by atoms with Gasteiger partial charge in [-0.2, -0.15) is 0 Å². The molecule has 2 aliphatic rings. The van der Waals surface area contributed by atoms with Gasteiger partial charge in [-0.05, 0) is 50.3 Å². The van der Waals surface area contributed by atoms with Gasteiger partial charge in [-0.25, -0.2) is 0 Å². The van der Waals surface area contributed by atoms with Crippen LogP contribution < -0.4 is 5.73 Å². The zero-order chi connectivity index (χ0) is 14.9. The summed E-state index contributed by atoms with van der Waals surface area (Å²) in [6.45, 7) is 4.33. The molecule has 1 amide bonds. The van der Waals surface area contributed by atoms with Crippen LogP contribution in [-0.2, 0) is 14.9 Å². The van der Waals surface area contributed by atoms with Crippen molar-refractivity contribution in [1.82, 2.24) is 4.90 Å². The number of hydrogen-bond acceptors (Lipinski definition) is 3. The highest BCUT2D eigenvalue weighted by atomic mass is 16.5. The summed E-state index contributed by atoms with van der Waals surface area (Å²) in [5.74, 6) is 0.275. The van der Waals surface area contributed by atoms with Crippen LogP contribution in [0.4, 0.5) is 5.69 Å². The molecule has 0 aromatic heterocycles. The molecule has 3 rings (SSSR count). The first-order valence-corrected chi connectivity index (χ1v) is 7.93. The summed E-state index contributed by atoms with van der Waals surface area (Å²) in [5, 5.41) is 0. The smallest absolute Gasteiger partial charge is 0.233 e. The number of carbonyl (C=O) groups excluding carboxylic acids is 1. The van der Waals surface area contributed by atoms with Crippen LogP contribution in [0.5, 0.6) is 0 Å². The third kappa shape index (κ3) is 2.77. The number of piperidine rings is 1. The lowest BCUT2D eigenvalue weighted by Gasteiger charge is -2.35. The third-order valence-electron chi connectivity index (χ3n) is 4.69. The molecule has 0 bridgehead atoms. The SMILES string of the molecule is CCOC1CCCN(C(=O)C2(c3ccc(N)cc3)CC2)C1. The zero-order valence-electron chi connectivity index (χ0n) is 12.7. The second kappa shape index (κ2) is 5.68. The van der Waals surface area contributed by atoms with Crippen LogP contribution in [-0.4, -0.2) is 36.6 Å². The Bertz CT molecular complexity index is 506. The van der Waals surface area contributed by atoms with E-state index in [1.165, 1.54) is 0 Å². The molecule has 1 heterocycles. The number of anilines is 1. The van der Waals surface area contributed by atoms with Gasteiger partial charge in [0, 0.05) is 25.4 Å². The van der Waals surface area contributed by atoms with E-state index in [1.807, 2.05) is 36.1 Å². The van der Waals surface area contributed by atoms with E-state index in [9.17, 15) is 4.79 Å². The number of hydrogen-bond donors (Lipinski definition) is 1. The quantitative estimate of drug-likeness (QED) is 0.865. The molecule has 1 saturated heterocycles. The Morgan fingerprint density at radius 3 is 2.71 bits per heavy atom. The van der Waals surface area contributed by atoms with E-state index in [0.29, 0.717) is 0 Å². The maximum atomic E-state index is 13.0. The molecule has 1 aromatic rings. The number of amides is 1. The summed E-state index contributed by atoms with van der Waals surface area (Å²) < 4.78 is 5.71. The average Bonchev–Trinajstić information content (AvgIpc) is 3.29. The normalized spacial score (nSPS) is 23.9. The van der Waals surface area contributed by atoms with Crippen LogP contribution in [0.2, 0.25) is 0 Å². The predicted octanol–water partition coefficient (Wildman–Crippen LogP) is 2.33. The minimum absolute atomic E-state index is 0.204. The van der Waals surface area contributed by atoms with Crippen LogP contribution >= 0.6 is 0 Å². The summed E-state index contributed by atoms with van der Waals surface area (Å²) in [4.78, 5) is 15.0. The summed E-state index contributed by atoms with van der Waals surface area (Å²) in [6, 6.07) is 7.79. The van der Waals surface area contributed by atoms with Gasteiger partial charge in [-0.1, -0.05) is 12.1 Å². The number of carbonyl (C=O) groups is 1. The first-order chi connectivity index (χ1) is 10.2. The first-order valence-electron chi connectivity index (χ1n) is 7.93. The van der Waals surface area contributed by atoms with E-state index in [-0.39, 0.29) is 17.4 Å². The Labute approximate surface area is 126 Å². The Hall–Kier alpha value is -1.55. The first kappa shape index (κ1) is 14.4. The molecule has 21 heavy (non-hydrogen) atoms. The van der Waals surface area contributed by atoms with Crippen molar-refractivity contribution in [3.05, 3.63) is 29.8 Å². The standard InChI is InChI=1S/C17H24N2O2/c1-2-21-15-4-3-11-19(12-15)16(20)17(9-10-17)13-5-7-14(18)8-6-13/h5-8,15H,2-4,9-12,18H2,1H3. The number of nitrogens with two attached hydrogens (primary N) is 1. The van der Waals surface area contributed by atoms with Crippen LogP contribution in [0.15, 0.2) is 24.3 Å². The molecule has 2 fully saturated rings. The Morgan fingerprint density at radius 1 is 1.38 bits per heavy atom. The Kier molecular flexibility index (Phi) is 3.89. The van der Waals surface area contributed by atoms with Crippen molar-refractivity contribution in [2.45, 2.75) is 44.1 Å². The summed E-state index contributed by atoms with van der Waals surface area (Å²) in [5.41, 5.74) is 7.32. The molecular formula is C17H24N2O2. The lowest BCUT2D eigenvalue weighted by molar-refractivity contribution is -0.138. The second-order valence-corrected chi connectivity index (χ2v) is 6.17. The lowest BCUT2D eigenvalue weighted by atomic mass is 9.93. The average molecular weight is 288 g/mol. The maximum absolute atomic E-state index is 13.0. The number of nitrogens with zero attached hydrogens (tertiary/aromatic N) is 1. The van der Waals surface area contributed by atoms with Crippen molar-refractivity contribution in [2.75, 3.05) is 25.4 Å². The van der Waals surface area contributed by atoms with Gasteiger partial charge in [-0.15, -0.1) is 0 Å². The van der Waals surface area contributed by atoms with Gasteiger partial charge >= 0.3 is 0 Å². The van der Waals surface area contributed by atoms with E-state index >= 15 is 0 Å². The molecule has 114 valence electrons. The Balaban J connectivity index is 1.73. The van der Waals surface area contributed by atoms with Crippen molar-refractivity contribution in [3.8, 4) is 0 Å². The fourth-order valence-electron chi connectivity index (χ4n) is 3.35. The van der Waals surface area contributed by atoms with Crippen LogP contribution in [0.1, 0.15) is 38.2 Å². The van der Waals surface area contributed by atoms with Crippen molar-refractivity contribution < 1.29 is 9.53 Å². The van der Waals surface area contributed by atoms with Gasteiger partial charge in [0.1, 0.15) is 0 Å². The number of likely N-dealkylation sites (tertiary alicyclic amines) is 1. The second-order valence-electron chi connectivity index (χ2n) is 6.17. The van der Waals surface area contributed by atoms with Crippen LogP contribution in [0.3, 0.4) is 0 Å². The summed E-state index contributed by atoms with van der Waals surface area (Å²) >= 11 is 0. The monoisotopic (exact) mass is 288 g/mol. The molecule has 4 heteroatoms. The van der Waals surface area contributed by atoms with Crippen LogP contribution in [0, 0.1) is 0 Å². The Morgan fingerprint density at radius 2 is 2.10 bits per heavy atom. The minimum Gasteiger partial charge on any atom is -0.399 e. The van der Waals surface area contributed by atoms with E-state index < -0.39 is 0 Å². The van der Waals surface area contributed by atoms with Crippen molar-refractivity contribution >= 4 is 11.6 Å². The minimum atomic E-state index is -0.290. The zero-order valence-corrected chi connectivity index (χ0v) is 12.7. The lowest BCUT2D eigenvalue weighted by Crippen LogP contribution is -2.47. The number of ether oxygens (including phenoxy) is 1. The molecule has 1 saturated carbocycles. The largest absolute Gasteiger partial charge is 0.399 e. The van der Waals surface area contributed by atoms with Gasteiger partial charge in [0.25, 0.3) is 0 Å². The molecule has 4 nitrogen and oxygen atoms in total. The third-order valence-corrected chi connectivity index (χ3v) is 4.69. The van der Waals surface area contributed by atoms with E-state index in [1.54, 1.807) is 0 Å². The van der Waals surface area contributed by atoms with Crippen LogP contribution in [0.25, 0.3) is 0 Å². The summed E-state index contributed by atoms with van der Waals surface area (Å²) in [7, 11) is 0. The summed E-state index contributed by atoms with van der Waals surface area (Å²) in [6.07, 6.45) is 4.20. The number of rotatable bonds is 4. The van der Waals surface area contributed by atoms with Crippen molar-refractivity contribution in [3.63, 3.8) is 0 Å². The maximum Gasteiger partial charge on any atom is 0.233 e. The molecule has 1 atom stereocenters. The van der Waals surface area contributed by atoms with E-state index in [2.05, 4.69) is 0 Å². The molecule has 1 unspecified atom stereocenters. The van der Waals surface area contributed by atoms with Gasteiger partial charge in [-0.3, -0.25) is 4.79 Å². The molecular weight excluding hydrogens is 264 g/mol. The number of nitrogen functional groups attached to an aromatic ring is 1. The molecule has 1 aliphatic carbocycles. The molecule has 0 radical (unpaired) electrons. The van der Waals surface area contributed by atoms with Crippen molar-refractivity contribution in [1.29, 1.82) is 0 Å². The number of benzene rings is 1. The fraction of sp³-hybridized carbons (Fsp3) is 0.588. The topological polar surface area (TPSA) is 55.6 Å². The van der Waals surface area contributed by atoms with Gasteiger partial charge in [0.05, 0.1) is 11.5 Å². The highest BCUT2D eigenvalue weighted by molar-refractivity contribution is 5.91. The van der Waals surface area contributed by atoms with Gasteiger partial charge in [0.15, 0.2) is 0 Å². The molecule has 1 aromatic carbocycles. The van der Waals surface area contributed by atoms with Gasteiger partial charge in [0.2, 0.25) is 5.91 Å². The predicted molar refractivity (Wildman–Crippen MR) is 83.0 cm³/mol. The fourth-order valence-corrected chi connectivity index (χ4v) is 3.35. The van der Waals surface area contributed by atoms with E-state index in [0.717, 1.165) is 56.6 Å². The molecule has 1 aliphatic heterocycles. The molecule has 0 spiro atoms. The van der Waals surface area contributed by atoms with Gasteiger partial charge < -0.3 is 15.4 Å². The van der Waals surface area contributed by atoms with E-state index in [4.69, 9.17) is 10.5 Å².